The Kier molecular flexibility index (Phi) is 5.37. The smallest absolute Gasteiger partial charge is 0.272 e. The van der Waals surface area contributed by atoms with Gasteiger partial charge in [0.2, 0.25) is 5.91 Å². The molecule has 0 radical (unpaired) electrons. The summed E-state index contributed by atoms with van der Waals surface area (Å²) in [5.41, 5.74) is 3.07. The standard InChI is InChI=1S/C14H20N4O2/c1-10(8-12(19)16-14(2,3)4)17-18-13(20)11-6-5-7-15-9-11/h5-7,9H,8H2,1-4H3,(H,16,19)(H,18,20)/b17-10+. The van der Waals surface area contributed by atoms with E-state index in [1.54, 1.807) is 25.3 Å². The molecule has 2 N–H and O–H groups in total. The van der Waals surface area contributed by atoms with Gasteiger partial charge in [-0.25, -0.2) is 5.43 Å². The quantitative estimate of drug-likeness (QED) is 0.645. The van der Waals surface area contributed by atoms with Crippen LogP contribution in [0.15, 0.2) is 29.6 Å². The molecule has 1 aromatic heterocycles. The van der Waals surface area contributed by atoms with Gasteiger partial charge < -0.3 is 5.32 Å². The molecule has 0 saturated heterocycles. The monoisotopic (exact) mass is 276 g/mol. The molecule has 0 atom stereocenters. The Bertz CT molecular complexity index is 504. The second kappa shape index (κ2) is 6.79. The van der Waals surface area contributed by atoms with Gasteiger partial charge in [0.15, 0.2) is 0 Å². The van der Waals surface area contributed by atoms with Crippen molar-refractivity contribution in [3.63, 3.8) is 0 Å². The molecule has 1 rings (SSSR count). The van der Waals surface area contributed by atoms with E-state index in [0.717, 1.165) is 0 Å². The lowest BCUT2D eigenvalue weighted by molar-refractivity contribution is -0.121. The molecule has 0 aliphatic carbocycles. The number of pyridine rings is 1. The number of hydrazone groups is 1. The number of rotatable bonds is 4. The summed E-state index contributed by atoms with van der Waals surface area (Å²) in [6, 6.07) is 3.31. The maximum absolute atomic E-state index is 11.7. The zero-order chi connectivity index (χ0) is 15.2. The minimum absolute atomic E-state index is 0.130. The molecule has 0 aliphatic heterocycles. The lowest BCUT2D eigenvalue weighted by Gasteiger charge is -2.20. The first-order valence-electron chi connectivity index (χ1n) is 6.32. The van der Waals surface area contributed by atoms with Crippen molar-refractivity contribution in [2.45, 2.75) is 39.7 Å². The highest BCUT2D eigenvalue weighted by Gasteiger charge is 2.14. The normalized spacial score (nSPS) is 11.9. The Morgan fingerprint density at radius 1 is 1.35 bits per heavy atom. The van der Waals surface area contributed by atoms with Crippen LogP contribution in [-0.2, 0) is 4.79 Å². The third kappa shape index (κ3) is 6.08. The molecule has 0 aromatic carbocycles. The van der Waals surface area contributed by atoms with Gasteiger partial charge in [-0.2, -0.15) is 5.10 Å². The Morgan fingerprint density at radius 2 is 2.05 bits per heavy atom. The van der Waals surface area contributed by atoms with Crippen LogP contribution in [-0.4, -0.2) is 28.0 Å². The van der Waals surface area contributed by atoms with Crippen LogP contribution in [0.25, 0.3) is 0 Å². The predicted octanol–water partition coefficient (Wildman–Crippen LogP) is 1.49. The fourth-order valence-electron chi connectivity index (χ4n) is 1.44. The van der Waals surface area contributed by atoms with Crippen LogP contribution in [0.3, 0.4) is 0 Å². The minimum atomic E-state index is -0.353. The highest BCUT2D eigenvalue weighted by atomic mass is 16.2. The van der Waals surface area contributed by atoms with E-state index in [-0.39, 0.29) is 23.8 Å². The molecule has 0 fully saturated rings. The first-order chi connectivity index (χ1) is 9.28. The molecule has 6 nitrogen and oxygen atoms in total. The van der Waals surface area contributed by atoms with Crippen molar-refractivity contribution in [2.24, 2.45) is 5.10 Å². The predicted molar refractivity (Wildman–Crippen MR) is 77.3 cm³/mol. The lowest BCUT2D eigenvalue weighted by atomic mass is 10.1. The summed E-state index contributed by atoms with van der Waals surface area (Å²) in [6.45, 7) is 7.40. The van der Waals surface area contributed by atoms with Gasteiger partial charge in [-0.15, -0.1) is 0 Å². The number of nitrogens with zero attached hydrogens (tertiary/aromatic N) is 2. The van der Waals surface area contributed by atoms with Crippen molar-refractivity contribution in [1.29, 1.82) is 0 Å². The summed E-state index contributed by atoms with van der Waals surface area (Å²) in [6.07, 6.45) is 3.18. The van der Waals surface area contributed by atoms with Crippen LogP contribution >= 0.6 is 0 Å². The second-order valence-electron chi connectivity index (χ2n) is 5.50. The van der Waals surface area contributed by atoms with E-state index >= 15 is 0 Å². The van der Waals surface area contributed by atoms with Gasteiger partial charge >= 0.3 is 0 Å². The minimum Gasteiger partial charge on any atom is -0.351 e. The van der Waals surface area contributed by atoms with Crippen LogP contribution < -0.4 is 10.7 Å². The average Bonchev–Trinajstić information content (AvgIpc) is 2.34. The molecule has 0 saturated carbocycles. The number of aromatic nitrogens is 1. The number of hydrogen-bond acceptors (Lipinski definition) is 4. The molecule has 1 aromatic rings. The zero-order valence-corrected chi connectivity index (χ0v) is 12.2. The van der Waals surface area contributed by atoms with Crippen molar-refractivity contribution >= 4 is 17.5 Å². The second-order valence-corrected chi connectivity index (χ2v) is 5.50. The molecule has 6 heteroatoms. The third-order valence-electron chi connectivity index (χ3n) is 2.20. The van der Waals surface area contributed by atoms with E-state index in [1.807, 2.05) is 20.8 Å². The fraction of sp³-hybridized carbons (Fsp3) is 0.429. The van der Waals surface area contributed by atoms with Gasteiger partial charge in [0.25, 0.3) is 5.91 Å². The molecule has 0 spiro atoms. The van der Waals surface area contributed by atoms with Crippen molar-refractivity contribution in [2.75, 3.05) is 0 Å². The van der Waals surface area contributed by atoms with E-state index in [2.05, 4.69) is 20.8 Å². The zero-order valence-electron chi connectivity index (χ0n) is 12.2. The van der Waals surface area contributed by atoms with Gasteiger partial charge in [-0.1, -0.05) is 0 Å². The van der Waals surface area contributed by atoms with Crippen LogP contribution in [0.5, 0.6) is 0 Å². The number of carbonyl (C=O) groups is 2. The van der Waals surface area contributed by atoms with Crippen LogP contribution in [0, 0.1) is 0 Å². The number of amides is 2. The largest absolute Gasteiger partial charge is 0.351 e. The molecule has 1 heterocycles. The Hall–Kier alpha value is -2.24. The summed E-state index contributed by atoms with van der Waals surface area (Å²) < 4.78 is 0. The third-order valence-corrected chi connectivity index (χ3v) is 2.20. The van der Waals surface area contributed by atoms with Crippen molar-refractivity contribution in [3.8, 4) is 0 Å². The SMILES string of the molecule is C/C(CC(=O)NC(C)(C)C)=N\NC(=O)c1cccnc1. The van der Waals surface area contributed by atoms with E-state index in [1.165, 1.54) is 6.20 Å². The first-order valence-corrected chi connectivity index (χ1v) is 6.32. The maximum atomic E-state index is 11.7. The van der Waals surface area contributed by atoms with Crippen LogP contribution in [0.1, 0.15) is 44.5 Å². The first kappa shape index (κ1) is 15.8. The van der Waals surface area contributed by atoms with Crippen molar-refractivity contribution in [1.82, 2.24) is 15.7 Å². The highest BCUT2D eigenvalue weighted by molar-refractivity contribution is 6.01. The summed E-state index contributed by atoms with van der Waals surface area (Å²) in [5, 5.41) is 6.73. The van der Waals surface area contributed by atoms with Gasteiger partial charge in [-0.3, -0.25) is 14.6 Å². The van der Waals surface area contributed by atoms with Crippen molar-refractivity contribution < 1.29 is 9.59 Å². The van der Waals surface area contributed by atoms with Gasteiger partial charge in [0, 0.05) is 23.6 Å². The summed E-state index contributed by atoms with van der Waals surface area (Å²) in [4.78, 5) is 27.2. The molecule has 0 unspecified atom stereocenters. The fourth-order valence-corrected chi connectivity index (χ4v) is 1.44. The molecular weight excluding hydrogens is 256 g/mol. The van der Waals surface area contributed by atoms with E-state index in [0.29, 0.717) is 11.3 Å². The highest BCUT2D eigenvalue weighted by Crippen LogP contribution is 2.00. The van der Waals surface area contributed by atoms with Gasteiger partial charge in [0.1, 0.15) is 0 Å². The summed E-state index contributed by atoms with van der Waals surface area (Å²) in [5.74, 6) is -0.483. The molecule has 0 aliphatic rings. The molecule has 20 heavy (non-hydrogen) atoms. The van der Waals surface area contributed by atoms with E-state index < -0.39 is 0 Å². The van der Waals surface area contributed by atoms with Crippen LogP contribution in [0.4, 0.5) is 0 Å². The molecular formula is C14H20N4O2. The average molecular weight is 276 g/mol. The molecule has 108 valence electrons. The van der Waals surface area contributed by atoms with E-state index in [9.17, 15) is 9.59 Å². The maximum Gasteiger partial charge on any atom is 0.272 e. The Balaban J connectivity index is 2.50. The number of hydrogen-bond donors (Lipinski definition) is 2. The molecule has 2 amide bonds. The van der Waals surface area contributed by atoms with Crippen LogP contribution in [0.2, 0.25) is 0 Å². The van der Waals surface area contributed by atoms with Gasteiger partial charge in [-0.05, 0) is 39.8 Å². The number of carbonyl (C=O) groups excluding carboxylic acids is 2. The Labute approximate surface area is 118 Å². The Morgan fingerprint density at radius 3 is 2.60 bits per heavy atom. The number of nitrogens with one attached hydrogen (secondary N) is 2. The topological polar surface area (TPSA) is 83.5 Å². The molecule has 0 bridgehead atoms. The summed E-state index contributed by atoms with van der Waals surface area (Å²) >= 11 is 0. The van der Waals surface area contributed by atoms with E-state index in [4.69, 9.17) is 0 Å². The van der Waals surface area contributed by atoms with Crippen molar-refractivity contribution in [3.05, 3.63) is 30.1 Å². The lowest BCUT2D eigenvalue weighted by Crippen LogP contribution is -2.41. The summed E-state index contributed by atoms with van der Waals surface area (Å²) in [7, 11) is 0. The van der Waals surface area contributed by atoms with Gasteiger partial charge in [0.05, 0.1) is 12.0 Å².